The van der Waals surface area contributed by atoms with Crippen molar-refractivity contribution >= 4 is 12.4 Å². The van der Waals surface area contributed by atoms with Crippen molar-refractivity contribution in [1.29, 1.82) is 0 Å². The summed E-state index contributed by atoms with van der Waals surface area (Å²) in [6.45, 7) is 4.50. The highest BCUT2D eigenvalue weighted by Crippen LogP contribution is 2.08. The van der Waals surface area contributed by atoms with E-state index in [9.17, 15) is 9.59 Å². The number of hydrogen-bond acceptors (Lipinski definition) is 4. The molecule has 0 N–H and O–H groups in total. The average molecular weight is 304 g/mol. The van der Waals surface area contributed by atoms with Gasteiger partial charge in [0.25, 0.3) is 0 Å². The first-order chi connectivity index (χ1) is 10.8. The van der Waals surface area contributed by atoms with E-state index in [2.05, 4.69) is 4.90 Å². The van der Waals surface area contributed by atoms with Crippen LogP contribution in [-0.4, -0.2) is 54.9 Å². The van der Waals surface area contributed by atoms with Gasteiger partial charge in [-0.1, -0.05) is 30.3 Å². The van der Waals surface area contributed by atoms with Crippen molar-refractivity contribution in [2.24, 2.45) is 0 Å². The molecule has 0 aliphatic carbocycles. The van der Waals surface area contributed by atoms with E-state index in [1.165, 1.54) is 0 Å². The first kappa shape index (κ1) is 16.5. The first-order valence-corrected chi connectivity index (χ1v) is 7.91. The highest BCUT2D eigenvalue weighted by Gasteiger charge is 2.21. The number of rotatable bonds is 7. The molecule has 5 heteroatoms. The Bertz CT molecular complexity index is 456. The first-order valence-electron chi connectivity index (χ1n) is 7.91. The smallest absolute Gasteiger partial charge is 0.410 e. The molecule has 120 valence electrons. The number of nitrogens with zero attached hydrogens (tertiary/aromatic N) is 2. The molecule has 5 nitrogen and oxygen atoms in total. The molecule has 0 aromatic heterocycles. The van der Waals surface area contributed by atoms with Gasteiger partial charge in [-0.3, -0.25) is 4.90 Å². The van der Waals surface area contributed by atoms with Crippen LogP contribution in [0.4, 0.5) is 4.79 Å². The van der Waals surface area contributed by atoms with Crippen LogP contribution in [0.2, 0.25) is 0 Å². The lowest BCUT2D eigenvalue weighted by atomic mass is 10.2. The summed E-state index contributed by atoms with van der Waals surface area (Å²) >= 11 is 0. The molecule has 0 bridgehead atoms. The zero-order chi connectivity index (χ0) is 15.6. The molecule has 0 unspecified atom stereocenters. The second-order valence-electron chi connectivity index (χ2n) is 5.53. The second kappa shape index (κ2) is 9.20. The minimum Gasteiger partial charge on any atom is -0.445 e. The summed E-state index contributed by atoms with van der Waals surface area (Å²) < 4.78 is 5.35. The van der Waals surface area contributed by atoms with Crippen LogP contribution < -0.4 is 0 Å². The third kappa shape index (κ3) is 5.48. The Morgan fingerprint density at radius 1 is 1.09 bits per heavy atom. The number of hydrogen-bond donors (Lipinski definition) is 0. The van der Waals surface area contributed by atoms with Gasteiger partial charge in [0.2, 0.25) is 0 Å². The molecule has 2 rings (SSSR count). The highest BCUT2D eigenvalue weighted by atomic mass is 16.6. The topological polar surface area (TPSA) is 49.9 Å². The van der Waals surface area contributed by atoms with E-state index in [0.717, 1.165) is 44.3 Å². The minimum absolute atomic E-state index is 0.232. The molecular weight excluding hydrogens is 280 g/mol. The third-order valence-corrected chi connectivity index (χ3v) is 3.88. The normalized spacial score (nSPS) is 15.5. The van der Waals surface area contributed by atoms with Gasteiger partial charge in [0.05, 0.1) is 0 Å². The van der Waals surface area contributed by atoms with Gasteiger partial charge < -0.3 is 14.4 Å². The predicted molar refractivity (Wildman–Crippen MR) is 84.6 cm³/mol. The number of benzene rings is 1. The monoisotopic (exact) mass is 304 g/mol. The zero-order valence-electron chi connectivity index (χ0n) is 12.9. The Morgan fingerprint density at radius 3 is 2.50 bits per heavy atom. The second-order valence-corrected chi connectivity index (χ2v) is 5.53. The van der Waals surface area contributed by atoms with Gasteiger partial charge in [-0.05, 0) is 24.9 Å². The van der Waals surface area contributed by atoms with Crippen LogP contribution >= 0.6 is 0 Å². The van der Waals surface area contributed by atoms with E-state index in [1.54, 1.807) is 4.90 Å². The van der Waals surface area contributed by atoms with Gasteiger partial charge in [-0.2, -0.15) is 0 Å². The lowest BCUT2D eigenvalue weighted by Gasteiger charge is -2.34. The molecule has 1 heterocycles. The summed E-state index contributed by atoms with van der Waals surface area (Å²) in [5.41, 5.74) is 1.00. The van der Waals surface area contributed by atoms with Gasteiger partial charge in [0.1, 0.15) is 12.9 Å². The van der Waals surface area contributed by atoms with Crippen molar-refractivity contribution in [2.75, 3.05) is 32.7 Å². The van der Waals surface area contributed by atoms with E-state index in [-0.39, 0.29) is 6.09 Å². The van der Waals surface area contributed by atoms with Crippen LogP contribution in [0, 0.1) is 0 Å². The number of piperazine rings is 1. The van der Waals surface area contributed by atoms with Gasteiger partial charge >= 0.3 is 6.09 Å². The Labute approximate surface area is 131 Å². The molecule has 1 aliphatic rings. The van der Waals surface area contributed by atoms with Crippen LogP contribution in [0.3, 0.4) is 0 Å². The summed E-state index contributed by atoms with van der Waals surface area (Å²) in [7, 11) is 0. The summed E-state index contributed by atoms with van der Waals surface area (Å²) in [5, 5.41) is 0. The van der Waals surface area contributed by atoms with Gasteiger partial charge in [-0.15, -0.1) is 0 Å². The van der Waals surface area contributed by atoms with Crippen molar-refractivity contribution in [3.05, 3.63) is 35.9 Å². The average Bonchev–Trinajstić information content (AvgIpc) is 2.58. The lowest BCUT2D eigenvalue weighted by Crippen LogP contribution is -2.48. The van der Waals surface area contributed by atoms with Crippen LogP contribution in [0.25, 0.3) is 0 Å². The molecule has 0 spiro atoms. The molecule has 1 fully saturated rings. The molecular formula is C17H24N2O3. The SMILES string of the molecule is O=CCCCCN1CCN(C(=O)OCc2ccccc2)CC1. The number of ether oxygens (including phenoxy) is 1. The Morgan fingerprint density at radius 2 is 1.82 bits per heavy atom. The van der Waals surface area contributed by atoms with Crippen molar-refractivity contribution < 1.29 is 14.3 Å². The number of aldehydes is 1. The number of carbonyl (C=O) groups excluding carboxylic acids is 2. The minimum atomic E-state index is -0.232. The summed E-state index contributed by atoms with van der Waals surface area (Å²) in [5.74, 6) is 0. The van der Waals surface area contributed by atoms with Gasteiger partial charge in [0, 0.05) is 32.6 Å². The van der Waals surface area contributed by atoms with Crippen molar-refractivity contribution in [3.8, 4) is 0 Å². The fourth-order valence-electron chi connectivity index (χ4n) is 2.53. The lowest BCUT2D eigenvalue weighted by molar-refractivity contribution is -0.107. The molecule has 1 aliphatic heterocycles. The third-order valence-electron chi connectivity index (χ3n) is 3.88. The van der Waals surface area contributed by atoms with Crippen LogP contribution in [-0.2, 0) is 16.1 Å². The fraction of sp³-hybridized carbons (Fsp3) is 0.529. The maximum atomic E-state index is 12.0. The van der Waals surface area contributed by atoms with E-state index >= 15 is 0 Å². The standard InChI is InChI=1S/C17H24N2O3/c20-14-6-2-5-9-18-10-12-19(13-11-18)17(21)22-15-16-7-3-1-4-8-16/h1,3-4,7-8,14H,2,5-6,9-13,15H2. The quantitative estimate of drug-likeness (QED) is 0.573. The van der Waals surface area contributed by atoms with E-state index in [0.29, 0.717) is 26.1 Å². The zero-order valence-corrected chi connectivity index (χ0v) is 12.9. The van der Waals surface area contributed by atoms with Crippen molar-refractivity contribution in [2.45, 2.75) is 25.9 Å². The maximum absolute atomic E-state index is 12.0. The van der Waals surface area contributed by atoms with Crippen LogP contribution in [0.1, 0.15) is 24.8 Å². The fourth-order valence-corrected chi connectivity index (χ4v) is 2.53. The van der Waals surface area contributed by atoms with E-state index in [1.807, 2.05) is 30.3 Å². The van der Waals surface area contributed by atoms with Crippen molar-refractivity contribution in [3.63, 3.8) is 0 Å². The molecule has 1 aromatic rings. The molecule has 1 aromatic carbocycles. The Kier molecular flexibility index (Phi) is 6.90. The molecule has 0 atom stereocenters. The largest absolute Gasteiger partial charge is 0.445 e. The van der Waals surface area contributed by atoms with Crippen LogP contribution in [0.15, 0.2) is 30.3 Å². The molecule has 1 saturated heterocycles. The molecule has 22 heavy (non-hydrogen) atoms. The van der Waals surface area contributed by atoms with E-state index in [4.69, 9.17) is 4.74 Å². The number of amides is 1. The Balaban J connectivity index is 1.63. The van der Waals surface area contributed by atoms with Crippen molar-refractivity contribution in [1.82, 2.24) is 9.80 Å². The summed E-state index contributed by atoms with van der Waals surface area (Å²) in [6, 6.07) is 9.72. The Hall–Kier alpha value is -1.88. The summed E-state index contributed by atoms with van der Waals surface area (Å²) in [4.78, 5) is 26.4. The number of carbonyl (C=O) groups is 2. The van der Waals surface area contributed by atoms with Gasteiger partial charge in [-0.25, -0.2) is 4.79 Å². The molecule has 0 saturated carbocycles. The van der Waals surface area contributed by atoms with Gasteiger partial charge in [0.15, 0.2) is 0 Å². The van der Waals surface area contributed by atoms with E-state index < -0.39 is 0 Å². The van der Waals surface area contributed by atoms with Crippen LogP contribution in [0.5, 0.6) is 0 Å². The predicted octanol–water partition coefficient (Wildman–Crippen LogP) is 2.31. The number of unbranched alkanes of at least 4 members (excludes halogenated alkanes) is 2. The summed E-state index contributed by atoms with van der Waals surface area (Å²) in [6.07, 6.45) is 3.37. The maximum Gasteiger partial charge on any atom is 0.410 e. The molecule has 0 radical (unpaired) electrons. The molecule has 1 amide bonds. The highest BCUT2D eigenvalue weighted by molar-refractivity contribution is 5.67.